The predicted molar refractivity (Wildman–Crippen MR) is 79.2 cm³/mol. The highest BCUT2D eigenvalue weighted by molar-refractivity contribution is 6.31. The molecule has 5 heteroatoms. The summed E-state index contributed by atoms with van der Waals surface area (Å²) >= 11 is 6.12. The molecule has 0 amide bonds. The van der Waals surface area contributed by atoms with E-state index in [0.717, 1.165) is 11.1 Å². The van der Waals surface area contributed by atoms with Gasteiger partial charge in [0, 0.05) is 16.1 Å². The monoisotopic (exact) mass is 290 g/mol. The first-order valence-corrected chi connectivity index (χ1v) is 6.43. The van der Waals surface area contributed by atoms with Crippen LogP contribution < -0.4 is 10.5 Å². The van der Waals surface area contributed by atoms with Crippen LogP contribution in [0.4, 0.5) is 0 Å². The van der Waals surface area contributed by atoms with Crippen LogP contribution in [0.2, 0.25) is 5.02 Å². The van der Waals surface area contributed by atoms with Gasteiger partial charge in [0.2, 0.25) is 0 Å². The summed E-state index contributed by atoms with van der Waals surface area (Å²) in [6.07, 6.45) is 0. The van der Waals surface area contributed by atoms with Crippen LogP contribution >= 0.6 is 11.6 Å². The summed E-state index contributed by atoms with van der Waals surface area (Å²) in [6.45, 7) is 0.341. The van der Waals surface area contributed by atoms with Gasteiger partial charge in [-0.2, -0.15) is 0 Å². The van der Waals surface area contributed by atoms with Crippen LogP contribution in [0, 0.1) is 5.41 Å². The van der Waals surface area contributed by atoms with Crippen molar-refractivity contribution in [2.75, 3.05) is 0 Å². The standard InChI is InChI=1S/C15H15ClN2O2/c16-14-7-11(15(17)18)3-4-12(14)9-20-13-5-1-10(8-19)2-6-13/h1-7,19H,8-9H2,(H3,17,18). The molecule has 0 saturated heterocycles. The Kier molecular flexibility index (Phi) is 4.61. The van der Waals surface area contributed by atoms with Crippen LogP contribution in [0.15, 0.2) is 42.5 Å². The number of halogens is 1. The number of aliphatic hydroxyl groups excluding tert-OH is 1. The van der Waals surface area contributed by atoms with Crippen molar-refractivity contribution in [1.29, 1.82) is 5.41 Å². The van der Waals surface area contributed by atoms with E-state index in [-0.39, 0.29) is 12.4 Å². The van der Waals surface area contributed by atoms with Crippen LogP contribution in [-0.2, 0) is 13.2 Å². The lowest BCUT2D eigenvalue weighted by Gasteiger charge is -2.09. The summed E-state index contributed by atoms with van der Waals surface area (Å²) in [5.41, 5.74) is 7.64. The zero-order valence-electron chi connectivity index (χ0n) is 10.8. The highest BCUT2D eigenvalue weighted by Gasteiger charge is 2.05. The molecule has 0 atom stereocenters. The first-order chi connectivity index (χ1) is 9.60. The molecule has 0 spiro atoms. The molecule has 20 heavy (non-hydrogen) atoms. The Morgan fingerprint density at radius 3 is 2.45 bits per heavy atom. The lowest BCUT2D eigenvalue weighted by atomic mass is 10.1. The third kappa shape index (κ3) is 3.50. The average molecular weight is 291 g/mol. The molecule has 0 saturated carbocycles. The van der Waals surface area contributed by atoms with Crippen molar-refractivity contribution in [2.45, 2.75) is 13.2 Å². The fourth-order valence-corrected chi connectivity index (χ4v) is 1.92. The van der Waals surface area contributed by atoms with Crippen LogP contribution in [0.25, 0.3) is 0 Å². The number of rotatable bonds is 5. The number of nitrogens with one attached hydrogen (secondary N) is 1. The second-order valence-electron chi connectivity index (χ2n) is 4.31. The Bertz CT molecular complexity index is 612. The molecule has 2 aromatic carbocycles. The summed E-state index contributed by atoms with van der Waals surface area (Å²) < 4.78 is 5.62. The van der Waals surface area contributed by atoms with Gasteiger partial charge in [0.1, 0.15) is 18.2 Å². The maximum atomic E-state index is 8.96. The first kappa shape index (κ1) is 14.4. The topological polar surface area (TPSA) is 79.3 Å². The van der Waals surface area contributed by atoms with Crippen LogP contribution in [-0.4, -0.2) is 10.9 Å². The average Bonchev–Trinajstić information content (AvgIpc) is 2.46. The van der Waals surface area contributed by atoms with Gasteiger partial charge in [0.25, 0.3) is 0 Å². The normalized spacial score (nSPS) is 10.3. The summed E-state index contributed by atoms with van der Waals surface area (Å²) in [5.74, 6) is 0.688. The highest BCUT2D eigenvalue weighted by Crippen LogP contribution is 2.20. The number of amidine groups is 1. The molecule has 0 bridgehead atoms. The SMILES string of the molecule is N=C(N)c1ccc(COc2ccc(CO)cc2)c(Cl)c1. The predicted octanol–water partition coefficient (Wildman–Crippen LogP) is 2.70. The third-order valence-electron chi connectivity index (χ3n) is 2.86. The summed E-state index contributed by atoms with van der Waals surface area (Å²) in [6, 6.07) is 12.4. The van der Waals surface area contributed by atoms with Crippen molar-refractivity contribution < 1.29 is 9.84 Å². The van der Waals surface area contributed by atoms with E-state index in [0.29, 0.717) is 22.9 Å². The van der Waals surface area contributed by atoms with Gasteiger partial charge in [0.05, 0.1) is 6.61 Å². The van der Waals surface area contributed by atoms with E-state index in [9.17, 15) is 0 Å². The number of ether oxygens (including phenoxy) is 1. The van der Waals surface area contributed by atoms with Crippen molar-refractivity contribution in [1.82, 2.24) is 0 Å². The molecule has 0 radical (unpaired) electrons. The minimum atomic E-state index is -0.0149. The Morgan fingerprint density at radius 1 is 1.20 bits per heavy atom. The van der Waals surface area contributed by atoms with Gasteiger partial charge in [-0.1, -0.05) is 35.9 Å². The van der Waals surface area contributed by atoms with Crippen LogP contribution in [0.5, 0.6) is 5.75 Å². The van der Waals surface area contributed by atoms with Crippen molar-refractivity contribution >= 4 is 17.4 Å². The van der Waals surface area contributed by atoms with Crippen LogP contribution in [0.1, 0.15) is 16.7 Å². The number of nitrogens with two attached hydrogens (primary N) is 1. The lowest BCUT2D eigenvalue weighted by molar-refractivity contribution is 0.280. The molecule has 4 nitrogen and oxygen atoms in total. The highest BCUT2D eigenvalue weighted by atomic mass is 35.5. The molecule has 4 N–H and O–H groups in total. The molecule has 0 heterocycles. The largest absolute Gasteiger partial charge is 0.489 e. The van der Waals surface area contributed by atoms with Crippen molar-refractivity contribution in [3.63, 3.8) is 0 Å². The van der Waals surface area contributed by atoms with E-state index in [1.54, 1.807) is 42.5 Å². The quantitative estimate of drug-likeness (QED) is 0.585. The Balaban J connectivity index is 2.04. The van der Waals surface area contributed by atoms with Gasteiger partial charge in [-0.15, -0.1) is 0 Å². The zero-order chi connectivity index (χ0) is 14.5. The second-order valence-corrected chi connectivity index (χ2v) is 4.72. The second kappa shape index (κ2) is 6.41. The van der Waals surface area contributed by atoms with E-state index < -0.39 is 0 Å². The Hall–Kier alpha value is -2.04. The molecule has 2 aromatic rings. The first-order valence-electron chi connectivity index (χ1n) is 6.05. The van der Waals surface area contributed by atoms with Crippen LogP contribution in [0.3, 0.4) is 0 Å². The number of benzene rings is 2. The molecule has 0 aliphatic heterocycles. The van der Waals surface area contributed by atoms with E-state index in [1.807, 2.05) is 0 Å². The van der Waals surface area contributed by atoms with Gasteiger partial charge in [-0.05, 0) is 23.8 Å². The number of aliphatic hydroxyl groups is 1. The number of hydrogen-bond donors (Lipinski definition) is 3. The minimum absolute atomic E-state index is 0.0125. The Labute approximate surface area is 122 Å². The third-order valence-corrected chi connectivity index (χ3v) is 3.22. The fourth-order valence-electron chi connectivity index (χ4n) is 1.68. The molecule has 0 unspecified atom stereocenters. The zero-order valence-corrected chi connectivity index (χ0v) is 11.5. The molecule has 0 aromatic heterocycles. The van der Waals surface area contributed by atoms with Gasteiger partial charge >= 0.3 is 0 Å². The maximum absolute atomic E-state index is 8.96. The molecule has 0 aliphatic carbocycles. The van der Waals surface area contributed by atoms with Crippen molar-refractivity contribution in [3.8, 4) is 5.75 Å². The van der Waals surface area contributed by atoms with E-state index in [1.165, 1.54) is 0 Å². The van der Waals surface area contributed by atoms with Crippen molar-refractivity contribution in [2.24, 2.45) is 5.73 Å². The summed E-state index contributed by atoms with van der Waals surface area (Å²) in [4.78, 5) is 0. The Morgan fingerprint density at radius 2 is 1.90 bits per heavy atom. The van der Waals surface area contributed by atoms with Gasteiger partial charge in [-0.3, -0.25) is 5.41 Å². The smallest absolute Gasteiger partial charge is 0.122 e. The van der Waals surface area contributed by atoms with Crippen molar-refractivity contribution in [3.05, 3.63) is 64.2 Å². The van der Waals surface area contributed by atoms with E-state index in [2.05, 4.69) is 0 Å². The molecule has 0 fully saturated rings. The minimum Gasteiger partial charge on any atom is -0.489 e. The summed E-state index contributed by atoms with van der Waals surface area (Å²) in [5, 5.41) is 16.8. The summed E-state index contributed by atoms with van der Waals surface area (Å²) in [7, 11) is 0. The fraction of sp³-hybridized carbons (Fsp3) is 0.133. The number of nitrogen functional groups attached to an aromatic ring is 1. The number of hydrogen-bond acceptors (Lipinski definition) is 3. The van der Waals surface area contributed by atoms with Gasteiger partial charge in [0.15, 0.2) is 0 Å². The molecule has 2 rings (SSSR count). The molecular weight excluding hydrogens is 276 g/mol. The lowest BCUT2D eigenvalue weighted by Crippen LogP contribution is -2.11. The van der Waals surface area contributed by atoms with E-state index in [4.69, 9.17) is 32.6 Å². The molecule has 104 valence electrons. The van der Waals surface area contributed by atoms with Gasteiger partial charge < -0.3 is 15.6 Å². The molecular formula is C15H15ClN2O2. The van der Waals surface area contributed by atoms with Gasteiger partial charge in [-0.25, -0.2) is 0 Å². The molecule has 0 aliphatic rings. The van der Waals surface area contributed by atoms with E-state index >= 15 is 0 Å². The maximum Gasteiger partial charge on any atom is 0.122 e.